The van der Waals surface area contributed by atoms with E-state index in [0.29, 0.717) is 6.42 Å². The third kappa shape index (κ3) is 2.84. The van der Waals surface area contributed by atoms with E-state index in [0.717, 1.165) is 4.47 Å². The lowest BCUT2D eigenvalue weighted by molar-refractivity contribution is -0.141. The third-order valence-electron chi connectivity index (χ3n) is 1.71. The Morgan fingerprint density at radius 3 is 3.00 bits per heavy atom. The summed E-state index contributed by atoms with van der Waals surface area (Å²) in [6.45, 7) is 1.91. The van der Waals surface area contributed by atoms with E-state index in [2.05, 4.69) is 25.8 Å². The number of methoxy groups -OCH3 is 1. The van der Waals surface area contributed by atoms with Gasteiger partial charge in [-0.3, -0.25) is 9.48 Å². The van der Waals surface area contributed by atoms with Gasteiger partial charge in [-0.15, -0.1) is 0 Å². The third-order valence-corrected chi connectivity index (χ3v) is 2.12. The number of esters is 1. The van der Waals surface area contributed by atoms with Crippen LogP contribution in [0.1, 0.15) is 19.4 Å². The van der Waals surface area contributed by atoms with Crippen molar-refractivity contribution >= 4 is 21.9 Å². The normalized spacial score (nSPS) is 12.5. The van der Waals surface area contributed by atoms with Gasteiger partial charge in [0.2, 0.25) is 0 Å². The molecule has 0 radical (unpaired) electrons. The van der Waals surface area contributed by atoms with Crippen LogP contribution in [-0.4, -0.2) is 22.9 Å². The van der Waals surface area contributed by atoms with Crippen LogP contribution in [0.3, 0.4) is 0 Å². The lowest BCUT2D eigenvalue weighted by Crippen LogP contribution is -2.12. The molecule has 0 amide bonds. The molecule has 1 heterocycles. The minimum Gasteiger partial charge on any atom is -0.469 e. The van der Waals surface area contributed by atoms with Crippen LogP contribution in [0.2, 0.25) is 0 Å². The highest BCUT2D eigenvalue weighted by atomic mass is 79.9. The number of ether oxygens (including phenoxy) is 1. The fraction of sp³-hybridized carbons (Fsp3) is 0.500. The summed E-state index contributed by atoms with van der Waals surface area (Å²) >= 11 is 3.28. The summed E-state index contributed by atoms with van der Waals surface area (Å²) in [7, 11) is 1.38. The number of carbonyl (C=O) groups excluding carboxylic acids is 1. The molecule has 1 rings (SSSR count). The molecule has 0 saturated heterocycles. The molecule has 0 fully saturated rings. The highest BCUT2D eigenvalue weighted by Gasteiger charge is 2.11. The van der Waals surface area contributed by atoms with E-state index in [-0.39, 0.29) is 12.0 Å². The molecule has 0 aromatic carbocycles. The first kappa shape index (κ1) is 10.2. The van der Waals surface area contributed by atoms with Crippen LogP contribution in [0.4, 0.5) is 0 Å². The summed E-state index contributed by atoms with van der Waals surface area (Å²) in [5, 5.41) is 4.07. The monoisotopic (exact) mass is 246 g/mol. The second-order valence-corrected chi connectivity index (χ2v) is 3.68. The molecule has 0 saturated carbocycles. The fourth-order valence-corrected chi connectivity index (χ4v) is 1.28. The van der Waals surface area contributed by atoms with Gasteiger partial charge >= 0.3 is 5.97 Å². The van der Waals surface area contributed by atoms with Crippen molar-refractivity contribution < 1.29 is 9.53 Å². The molecule has 0 aliphatic heterocycles. The largest absolute Gasteiger partial charge is 0.469 e. The summed E-state index contributed by atoms with van der Waals surface area (Å²) in [4.78, 5) is 10.9. The molecule has 0 spiro atoms. The van der Waals surface area contributed by atoms with Crippen molar-refractivity contribution in [2.24, 2.45) is 0 Å². The van der Waals surface area contributed by atoms with Crippen molar-refractivity contribution in [1.29, 1.82) is 0 Å². The number of carbonyl (C=O) groups is 1. The van der Waals surface area contributed by atoms with Gasteiger partial charge in [0.1, 0.15) is 0 Å². The van der Waals surface area contributed by atoms with E-state index in [1.165, 1.54) is 7.11 Å². The second kappa shape index (κ2) is 4.41. The Morgan fingerprint density at radius 1 is 1.85 bits per heavy atom. The molecule has 0 bridgehead atoms. The maximum atomic E-state index is 10.9. The fourth-order valence-electron chi connectivity index (χ4n) is 0.974. The van der Waals surface area contributed by atoms with E-state index < -0.39 is 0 Å². The predicted molar refractivity (Wildman–Crippen MR) is 51.3 cm³/mol. The van der Waals surface area contributed by atoms with Crippen LogP contribution in [0.25, 0.3) is 0 Å². The first-order valence-electron chi connectivity index (χ1n) is 3.90. The Hall–Kier alpha value is -0.840. The highest BCUT2D eigenvalue weighted by Crippen LogP contribution is 2.14. The molecule has 4 nitrogen and oxygen atoms in total. The molecular formula is C8H11BrN2O2. The van der Waals surface area contributed by atoms with E-state index in [1.54, 1.807) is 10.9 Å². The maximum absolute atomic E-state index is 10.9. The van der Waals surface area contributed by atoms with Gasteiger partial charge in [0.05, 0.1) is 30.2 Å². The summed E-state index contributed by atoms with van der Waals surface area (Å²) < 4.78 is 7.19. The molecule has 0 aliphatic rings. The van der Waals surface area contributed by atoms with Crippen molar-refractivity contribution in [1.82, 2.24) is 9.78 Å². The first-order chi connectivity index (χ1) is 6.13. The smallest absolute Gasteiger partial charge is 0.307 e. The zero-order chi connectivity index (χ0) is 9.84. The summed E-state index contributed by atoms with van der Waals surface area (Å²) in [6, 6.07) is 0.0266. The minimum absolute atomic E-state index is 0.0266. The molecule has 5 heteroatoms. The van der Waals surface area contributed by atoms with Gasteiger partial charge in [-0.2, -0.15) is 5.10 Å². The number of hydrogen-bond donors (Lipinski definition) is 0. The molecule has 0 aliphatic carbocycles. The molecule has 1 aromatic rings. The van der Waals surface area contributed by atoms with Crippen LogP contribution in [0.15, 0.2) is 16.9 Å². The van der Waals surface area contributed by atoms with Crippen molar-refractivity contribution in [3.8, 4) is 0 Å². The van der Waals surface area contributed by atoms with Gasteiger partial charge in [-0.05, 0) is 22.9 Å². The van der Waals surface area contributed by atoms with Crippen LogP contribution >= 0.6 is 15.9 Å². The van der Waals surface area contributed by atoms with Crippen molar-refractivity contribution in [3.05, 3.63) is 16.9 Å². The van der Waals surface area contributed by atoms with E-state index in [9.17, 15) is 4.79 Å². The van der Waals surface area contributed by atoms with Crippen molar-refractivity contribution in [2.45, 2.75) is 19.4 Å². The van der Waals surface area contributed by atoms with Gasteiger partial charge in [-0.25, -0.2) is 0 Å². The number of aromatic nitrogens is 2. The van der Waals surface area contributed by atoms with Gasteiger partial charge in [0.25, 0.3) is 0 Å². The molecule has 1 aromatic heterocycles. The van der Waals surface area contributed by atoms with Gasteiger partial charge in [-0.1, -0.05) is 0 Å². The van der Waals surface area contributed by atoms with Crippen LogP contribution in [-0.2, 0) is 9.53 Å². The van der Waals surface area contributed by atoms with Crippen LogP contribution < -0.4 is 0 Å². The Bertz CT molecular complexity index is 298. The number of hydrogen-bond acceptors (Lipinski definition) is 3. The van der Waals surface area contributed by atoms with Crippen molar-refractivity contribution in [3.63, 3.8) is 0 Å². The zero-order valence-corrected chi connectivity index (χ0v) is 9.11. The second-order valence-electron chi connectivity index (χ2n) is 2.77. The molecule has 72 valence electrons. The molecule has 0 unspecified atom stereocenters. The topological polar surface area (TPSA) is 44.1 Å². The Morgan fingerprint density at radius 2 is 2.54 bits per heavy atom. The number of nitrogens with zero attached hydrogens (tertiary/aromatic N) is 2. The Labute approximate surface area is 85.0 Å². The quantitative estimate of drug-likeness (QED) is 0.764. The summed E-state index contributed by atoms with van der Waals surface area (Å²) in [5.41, 5.74) is 0. The molecule has 1 atom stereocenters. The predicted octanol–water partition coefficient (Wildman–Crippen LogP) is 1.77. The molecular weight excluding hydrogens is 236 g/mol. The van der Waals surface area contributed by atoms with E-state index >= 15 is 0 Å². The Balaban J connectivity index is 2.58. The number of rotatable bonds is 3. The minimum atomic E-state index is -0.223. The van der Waals surface area contributed by atoms with Gasteiger partial charge in [0, 0.05) is 6.20 Å². The first-order valence-corrected chi connectivity index (χ1v) is 4.69. The highest BCUT2D eigenvalue weighted by molar-refractivity contribution is 9.10. The average Bonchev–Trinajstić information content (AvgIpc) is 2.51. The van der Waals surface area contributed by atoms with Gasteiger partial charge in [0.15, 0.2) is 0 Å². The SMILES string of the molecule is COC(=O)C[C@@H](C)n1cc(Br)cn1. The van der Waals surface area contributed by atoms with E-state index in [4.69, 9.17) is 0 Å². The van der Waals surface area contributed by atoms with Crippen molar-refractivity contribution in [2.75, 3.05) is 7.11 Å². The zero-order valence-electron chi connectivity index (χ0n) is 7.53. The average molecular weight is 247 g/mol. The number of halogens is 1. The van der Waals surface area contributed by atoms with Gasteiger partial charge < -0.3 is 4.74 Å². The molecule has 0 N–H and O–H groups in total. The standard InChI is InChI=1S/C8H11BrN2O2/c1-6(3-8(12)13-2)11-5-7(9)4-10-11/h4-6H,3H2,1-2H3/t6-/m1/s1. The van der Waals surface area contributed by atoms with Crippen LogP contribution in [0.5, 0.6) is 0 Å². The lowest BCUT2D eigenvalue weighted by atomic mass is 10.2. The molecule has 13 heavy (non-hydrogen) atoms. The summed E-state index contributed by atoms with van der Waals surface area (Å²) in [5.74, 6) is -0.223. The Kier molecular flexibility index (Phi) is 3.48. The van der Waals surface area contributed by atoms with Crippen LogP contribution in [0, 0.1) is 0 Å². The summed E-state index contributed by atoms with van der Waals surface area (Å²) in [6.07, 6.45) is 3.85. The van der Waals surface area contributed by atoms with E-state index in [1.807, 2.05) is 13.1 Å². The maximum Gasteiger partial charge on any atom is 0.307 e. The lowest BCUT2D eigenvalue weighted by Gasteiger charge is -2.09.